The van der Waals surface area contributed by atoms with Crippen molar-refractivity contribution in [2.24, 2.45) is 11.3 Å². The molecule has 0 aromatic carbocycles. The Morgan fingerprint density at radius 3 is 2.36 bits per heavy atom. The second-order valence-corrected chi connectivity index (χ2v) is 4.41. The molecule has 1 fully saturated rings. The van der Waals surface area contributed by atoms with Gasteiger partial charge in [-0.3, -0.25) is 4.79 Å². The minimum atomic E-state index is -0.721. The lowest BCUT2D eigenvalue weighted by Crippen LogP contribution is -2.36. The van der Waals surface area contributed by atoms with Crippen LogP contribution in [0.5, 0.6) is 0 Å². The van der Waals surface area contributed by atoms with Crippen molar-refractivity contribution in [1.82, 2.24) is 0 Å². The predicted octanol–water partition coefficient (Wildman–Crippen LogP) is 2.04. The molecule has 1 saturated carbocycles. The van der Waals surface area contributed by atoms with Crippen LogP contribution in [-0.4, -0.2) is 22.8 Å². The summed E-state index contributed by atoms with van der Waals surface area (Å²) in [5.41, 5.74) is -0.625. The number of rotatable bonds is 4. The van der Waals surface area contributed by atoms with Crippen molar-refractivity contribution in [3.8, 4) is 0 Å². The summed E-state index contributed by atoms with van der Waals surface area (Å²) < 4.78 is 0. The normalized spacial score (nSPS) is 32.9. The first kappa shape index (κ1) is 11.5. The molecule has 0 saturated heterocycles. The molecule has 0 aromatic heterocycles. The SMILES string of the molecule is CCC1CCC(CCO)(C(=O)O)CC1. The number of aliphatic hydroxyl groups excluding tert-OH is 1. The van der Waals surface area contributed by atoms with Gasteiger partial charge in [-0.1, -0.05) is 13.3 Å². The molecule has 0 aromatic rings. The first-order chi connectivity index (χ1) is 6.64. The Kier molecular flexibility index (Phi) is 3.93. The summed E-state index contributed by atoms with van der Waals surface area (Å²) in [6.07, 6.45) is 5.04. The molecular formula is C11H20O3. The van der Waals surface area contributed by atoms with Gasteiger partial charge in [-0.15, -0.1) is 0 Å². The van der Waals surface area contributed by atoms with Gasteiger partial charge < -0.3 is 10.2 Å². The Hall–Kier alpha value is -0.570. The van der Waals surface area contributed by atoms with Gasteiger partial charge in [-0.25, -0.2) is 0 Å². The topological polar surface area (TPSA) is 57.5 Å². The van der Waals surface area contributed by atoms with Crippen LogP contribution in [0.15, 0.2) is 0 Å². The van der Waals surface area contributed by atoms with Crippen molar-refractivity contribution in [2.45, 2.75) is 45.4 Å². The lowest BCUT2D eigenvalue weighted by Gasteiger charge is -2.36. The molecule has 14 heavy (non-hydrogen) atoms. The average Bonchev–Trinajstić information content (AvgIpc) is 2.19. The van der Waals surface area contributed by atoms with E-state index in [2.05, 4.69) is 6.92 Å². The quantitative estimate of drug-likeness (QED) is 0.730. The maximum absolute atomic E-state index is 11.2. The fraction of sp³-hybridized carbons (Fsp3) is 0.909. The van der Waals surface area contributed by atoms with Gasteiger partial charge in [0.2, 0.25) is 0 Å². The van der Waals surface area contributed by atoms with E-state index in [9.17, 15) is 4.79 Å². The van der Waals surface area contributed by atoms with Crippen LogP contribution in [0.1, 0.15) is 45.4 Å². The molecular weight excluding hydrogens is 180 g/mol. The van der Waals surface area contributed by atoms with Crippen molar-refractivity contribution in [3.05, 3.63) is 0 Å². The third-order valence-electron chi connectivity index (χ3n) is 3.68. The summed E-state index contributed by atoms with van der Waals surface area (Å²) in [6, 6.07) is 0. The monoisotopic (exact) mass is 200 g/mol. The minimum absolute atomic E-state index is 0.0108. The molecule has 0 amide bonds. The van der Waals surface area contributed by atoms with Crippen molar-refractivity contribution in [1.29, 1.82) is 0 Å². The maximum Gasteiger partial charge on any atom is 0.309 e. The number of hydrogen-bond acceptors (Lipinski definition) is 2. The number of carboxylic acid groups (broad SMARTS) is 1. The first-order valence-electron chi connectivity index (χ1n) is 5.49. The molecule has 2 N–H and O–H groups in total. The molecule has 1 aliphatic carbocycles. The van der Waals surface area contributed by atoms with Crippen LogP contribution in [0.25, 0.3) is 0 Å². The van der Waals surface area contributed by atoms with E-state index in [1.54, 1.807) is 0 Å². The van der Waals surface area contributed by atoms with E-state index in [4.69, 9.17) is 10.2 Å². The molecule has 0 atom stereocenters. The van der Waals surface area contributed by atoms with E-state index >= 15 is 0 Å². The minimum Gasteiger partial charge on any atom is -0.481 e. The van der Waals surface area contributed by atoms with Crippen LogP contribution >= 0.6 is 0 Å². The molecule has 82 valence electrons. The van der Waals surface area contributed by atoms with Crippen molar-refractivity contribution < 1.29 is 15.0 Å². The first-order valence-corrected chi connectivity index (χ1v) is 5.49. The van der Waals surface area contributed by atoms with Gasteiger partial charge >= 0.3 is 5.97 Å². The molecule has 0 heterocycles. The Labute approximate surface area is 85.1 Å². The molecule has 0 spiro atoms. The summed E-state index contributed by atoms with van der Waals surface area (Å²) in [6.45, 7) is 2.15. The molecule has 1 rings (SSSR count). The van der Waals surface area contributed by atoms with Crippen LogP contribution in [0.3, 0.4) is 0 Å². The Morgan fingerprint density at radius 1 is 1.43 bits per heavy atom. The third-order valence-corrected chi connectivity index (χ3v) is 3.68. The fourth-order valence-corrected chi connectivity index (χ4v) is 2.42. The molecule has 0 unspecified atom stereocenters. The molecule has 0 bridgehead atoms. The molecule has 1 aliphatic rings. The predicted molar refractivity (Wildman–Crippen MR) is 54.0 cm³/mol. The van der Waals surface area contributed by atoms with Gasteiger partial charge in [0.1, 0.15) is 0 Å². The van der Waals surface area contributed by atoms with Crippen LogP contribution in [0, 0.1) is 11.3 Å². The van der Waals surface area contributed by atoms with E-state index in [1.807, 2.05) is 0 Å². The van der Waals surface area contributed by atoms with Crippen LogP contribution in [-0.2, 0) is 4.79 Å². The van der Waals surface area contributed by atoms with Crippen molar-refractivity contribution >= 4 is 5.97 Å². The summed E-state index contributed by atoms with van der Waals surface area (Å²) >= 11 is 0. The van der Waals surface area contributed by atoms with E-state index in [0.29, 0.717) is 12.3 Å². The second kappa shape index (κ2) is 4.78. The van der Waals surface area contributed by atoms with Gasteiger partial charge in [-0.2, -0.15) is 0 Å². The van der Waals surface area contributed by atoms with Crippen molar-refractivity contribution in [2.75, 3.05) is 6.61 Å². The highest BCUT2D eigenvalue weighted by atomic mass is 16.4. The summed E-state index contributed by atoms with van der Waals surface area (Å²) in [7, 11) is 0. The Bertz CT molecular complexity index is 193. The summed E-state index contributed by atoms with van der Waals surface area (Å²) in [5.74, 6) is -0.0257. The Morgan fingerprint density at radius 2 is 2.00 bits per heavy atom. The van der Waals surface area contributed by atoms with E-state index in [1.165, 1.54) is 0 Å². The summed E-state index contributed by atoms with van der Waals surface area (Å²) in [4.78, 5) is 11.2. The van der Waals surface area contributed by atoms with Gasteiger partial charge in [0.05, 0.1) is 5.41 Å². The standard InChI is InChI=1S/C11H20O3/c1-2-9-3-5-11(6-4-9,7-8-12)10(13)14/h9,12H,2-8H2,1H3,(H,13,14). The van der Waals surface area contributed by atoms with Gasteiger partial charge in [0.15, 0.2) is 0 Å². The molecule has 3 nitrogen and oxygen atoms in total. The van der Waals surface area contributed by atoms with E-state index < -0.39 is 11.4 Å². The van der Waals surface area contributed by atoms with E-state index in [0.717, 1.165) is 32.1 Å². The largest absolute Gasteiger partial charge is 0.481 e. The summed E-state index contributed by atoms with van der Waals surface area (Å²) in [5, 5.41) is 18.1. The van der Waals surface area contributed by atoms with Gasteiger partial charge in [0, 0.05) is 6.61 Å². The van der Waals surface area contributed by atoms with Gasteiger partial charge in [-0.05, 0) is 38.0 Å². The number of carboxylic acids is 1. The maximum atomic E-state index is 11.2. The fourth-order valence-electron chi connectivity index (χ4n) is 2.42. The highest BCUT2D eigenvalue weighted by Crippen LogP contribution is 2.42. The lowest BCUT2D eigenvalue weighted by atomic mass is 9.68. The van der Waals surface area contributed by atoms with Crippen LogP contribution in [0.4, 0.5) is 0 Å². The van der Waals surface area contributed by atoms with Crippen LogP contribution in [0.2, 0.25) is 0 Å². The Balaban J connectivity index is 2.59. The number of aliphatic carboxylic acids is 1. The molecule has 3 heteroatoms. The zero-order valence-corrected chi connectivity index (χ0v) is 8.83. The van der Waals surface area contributed by atoms with E-state index in [-0.39, 0.29) is 6.61 Å². The molecule has 0 aliphatic heterocycles. The number of aliphatic hydroxyl groups is 1. The molecule has 0 radical (unpaired) electrons. The lowest BCUT2D eigenvalue weighted by molar-refractivity contribution is -0.153. The van der Waals surface area contributed by atoms with Crippen molar-refractivity contribution in [3.63, 3.8) is 0 Å². The zero-order chi connectivity index (χ0) is 10.6. The zero-order valence-electron chi connectivity index (χ0n) is 8.83. The second-order valence-electron chi connectivity index (χ2n) is 4.41. The number of hydrogen-bond donors (Lipinski definition) is 2. The van der Waals surface area contributed by atoms with Gasteiger partial charge in [0.25, 0.3) is 0 Å². The smallest absolute Gasteiger partial charge is 0.309 e. The third kappa shape index (κ3) is 2.27. The highest BCUT2D eigenvalue weighted by molar-refractivity contribution is 5.74. The average molecular weight is 200 g/mol. The number of carbonyl (C=O) groups is 1. The van der Waals surface area contributed by atoms with Crippen LogP contribution < -0.4 is 0 Å². The highest BCUT2D eigenvalue weighted by Gasteiger charge is 2.40.